The molecule has 0 aliphatic heterocycles. The van der Waals surface area contributed by atoms with Crippen LogP contribution >= 0.6 is 0 Å². The van der Waals surface area contributed by atoms with Crippen molar-refractivity contribution in [2.75, 3.05) is 0 Å². The third-order valence-electron chi connectivity index (χ3n) is 2.14. The fraction of sp³-hybridized carbons (Fsp3) is 0.538. The first kappa shape index (κ1) is 15.8. The van der Waals surface area contributed by atoms with E-state index < -0.39 is 12.6 Å². The fourth-order valence-corrected chi connectivity index (χ4v) is 1.50. The molecule has 1 nitrogen and oxygen atoms in total. The maximum atomic E-state index is 12.2. The normalized spacial score (nSPS) is 11.1. The third kappa shape index (κ3) is 5.61. The molecule has 17 heavy (non-hydrogen) atoms. The Kier molecular flexibility index (Phi) is 6.07. The largest absolute Gasteiger partial charge is 0.508 e. The molecular formula is C13H19F3O. The minimum Gasteiger partial charge on any atom is -0.508 e. The highest BCUT2D eigenvalue weighted by molar-refractivity contribution is 5.37. The second-order valence-electron chi connectivity index (χ2n) is 3.83. The van der Waals surface area contributed by atoms with Crippen molar-refractivity contribution in [3.05, 3.63) is 29.3 Å². The number of hydrogen-bond acceptors (Lipinski definition) is 1. The summed E-state index contributed by atoms with van der Waals surface area (Å²) in [6.07, 6.45) is -5.15. The molecule has 0 aliphatic rings. The molecule has 1 aromatic carbocycles. The van der Waals surface area contributed by atoms with Crippen molar-refractivity contribution < 1.29 is 18.3 Å². The van der Waals surface area contributed by atoms with E-state index in [0.29, 0.717) is 5.56 Å². The van der Waals surface area contributed by atoms with Gasteiger partial charge in [-0.3, -0.25) is 0 Å². The van der Waals surface area contributed by atoms with Crippen LogP contribution in [0, 0.1) is 0 Å². The number of rotatable bonds is 2. The van der Waals surface area contributed by atoms with Crippen molar-refractivity contribution in [3.63, 3.8) is 0 Å². The lowest BCUT2D eigenvalue weighted by molar-refractivity contribution is -0.127. The highest BCUT2D eigenvalue weighted by atomic mass is 19.4. The number of phenolic OH excluding ortho intramolecular Hbond substituents is 1. The van der Waals surface area contributed by atoms with Crippen molar-refractivity contribution in [1.29, 1.82) is 0 Å². The summed E-state index contributed by atoms with van der Waals surface area (Å²) in [7, 11) is 0. The molecule has 1 aromatic rings. The lowest BCUT2D eigenvalue weighted by Crippen LogP contribution is -2.13. The van der Waals surface area contributed by atoms with Crippen molar-refractivity contribution in [2.24, 2.45) is 0 Å². The summed E-state index contributed by atoms with van der Waals surface area (Å²) in [6, 6.07) is 4.01. The third-order valence-corrected chi connectivity index (χ3v) is 2.14. The molecule has 1 rings (SSSR count). The predicted molar refractivity (Wildman–Crippen MR) is 63.3 cm³/mol. The van der Waals surface area contributed by atoms with Gasteiger partial charge in [-0.25, -0.2) is 0 Å². The lowest BCUT2D eigenvalue weighted by Gasteiger charge is -2.14. The molecule has 98 valence electrons. The van der Waals surface area contributed by atoms with E-state index in [1.807, 2.05) is 13.8 Å². The van der Waals surface area contributed by atoms with Gasteiger partial charge in [-0.05, 0) is 29.2 Å². The number of benzene rings is 1. The molecule has 0 unspecified atom stereocenters. The monoisotopic (exact) mass is 248 g/mol. The molecule has 0 saturated carbocycles. The highest BCUT2D eigenvalue weighted by Gasteiger charge is 2.29. The summed E-state index contributed by atoms with van der Waals surface area (Å²) < 4.78 is 36.7. The van der Waals surface area contributed by atoms with E-state index in [1.54, 1.807) is 13.8 Å². The molecule has 0 radical (unpaired) electrons. The van der Waals surface area contributed by atoms with Gasteiger partial charge in [-0.15, -0.1) is 0 Å². The second-order valence-corrected chi connectivity index (χ2v) is 3.83. The zero-order valence-corrected chi connectivity index (χ0v) is 10.6. The van der Waals surface area contributed by atoms with Gasteiger partial charge in [0, 0.05) is 0 Å². The standard InChI is InChI=1S/C11H13F3O.C2H6/c1-7(2)10-5-9(15)4-3-8(10)6-11(12,13)14;1-2/h3-5,7,15H,6H2,1-2H3;1-2H3. The highest BCUT2D eigenvalue weighted by Crippen LogP contribution is 2.29. The van der Waals surface area contributed by atoms with Gasteiger partial charge in [0.2, 0.25) is 0 Å². The van der Waals surface area contributed by atoms with Crippen molar-refractivity contribution >= 4 is 0 Å². The summed E-state index contributed by atoms with van der Waals surface area (Å²) in [5.41, 5.74) is 0.780. The summed E-state index contributed by atoms with van der Waals surface area (Å²) in [5.74, 6) is -0.0286. The predicted octanol–water partition coefficient (Wildman–Crippen LogP) is 4.65. The van der Waals surface area contributed by atoms with E-state index in [2.05, 4.69) is 0 Å². The Morgan fingerprint density at radius 2 is 1.71 bits per heavy atom. The van der Waals surface area contributed by atoms with Gasteiger partial charge in [0.1, 0.15) is 5.75 Å². The topological polar surface area (TPSA) is 20.2 Å². The van der Waals surface area contributed by atoms with Crippen LogP contribution in [0.1, 0.15) is 44.7 Å². The molecule has 0 aliphatic carbocycles. The minimum absolute atomic E-state index is 0.00428. The summed E-state index contributed by atoms with van der Waals surface area (Å²) in [6.45, 7) is 7.60. The van der Waals surface area contributed by atoms with Crippen LogP contribution in [0.4, 0.5) is 13.2 Å². The van der Waals surface area contributed by atoms with E-state index in [9.17, 15) is 18.3 Å². The molecule has 0 amide bonds. The van der Waals surface area contributed by atoms with Gasteiger partial charge in [-0.1, -0.05) is 33.8 Å². The Morgan fingerprint density at radius 1 is 1.18 bits per heavy atom. The number of phenols is 1. The van der Waals surface area contributed by atoms with E-state index in [4.69, 9.17) is 0 Å². The molecule has 1 N–H and O–H groups in total. The van der Waals surface area contributed by atoms with Gasteiger partial charge in [0.25, 0.3) is 0 Å². The molecule has 0 atom stereocenters. The van der Waals surface area contributed by atoms with Crippen LogP contribution in [0.5, 0.6) is 5.75 Å². The van der Waals surface area contributed by atoms with Crippen LogP contribution in [0.3, 0.4) is 0 Å². The molecule has 0 saturated heterocycles. The van der Waals surface area contributed by atoms with Gasteiger partial charge in [0.15, 0.2) is 0 Å². The Labute approximate surface area is 100 Å². The number of aromatic hydroxyl groups is 1. The first-order chi connectivity index (χ1) is 7.79. The summed E-state index contributed by atoms with van der Waals surface area (Å²) >= 11 is 0. The number of alkyl halides is 3. The molecule has 4 heteroatoms. The van der Waals surface area contributed by atoms with Crippen LogP contribution in [0.15, 0.2) is 18.2 Å². The van der Waals surface area contributed by atoms with E-state index in [0.717, 1.165) is 0 Å². The van der Waals surface area contributed by atoms with Gasteiger partial charge in [-0.2, -0.15) is 13.2 Å². The second kappa shape index (κ2) is 6.52. The van der Waals surface area contributed by atoms with Crippen molar-refractivity contribution in [1.82, 2.24) is 0 Å². The van der Waals surface area contributed by atoms with Crippen molar-refractivity contribution in [3.8, 4) is 5.75 Å². The Hall–Kier alpha value is -1.19. The number of halogens is 3. The van der Waals surface area contributed by atoms with E-state index in [1.165, 1.54) is 18.2 Å². The Balaban J connectivity index is 0.00000121. The maximum Gasteiger partial charge on any atom is 0.393 e. The smallest absolute Gasteiger partial charge is 0.393 e. The summed E-state index contributed by atoms with van der Waals surface area (Å²) in [4.78, 5) is 0. The van der Waals surface area contributed by atoms with Crippen LogP contribution in [0.2, 0.25) is 0 Å². The van der Waals surface area contributed by atoms with Gasteiger partial charge >= 0.3 is 6.18 Å². The summed E-state index contributed by atoms with van der Waals surface area (Å²) in [5, 5.41) is 9.20. The molecule has 0 spiro atoms. The van der Waals surface area contributed by atoms with E-state index >= 15 is 0 Å². The van der Waals surface area contributed by atoms with E-state index in [-0.39, 0.29) is 17.2 Å². The zero-order valence-electron chi connectivity index (χ0n) is 10.6. The zero-order chi connectivity index (χ0) is 13.6. The SMILES string of the molecule is CC.CC(C)c1cc(O)ccc1CC(F)(F)F. The lowest BCUT2D eigenvalue weighted by atomic mass is 9.95. The van der Waals surface area contributed by atoms with Crippen LogP contribution in [-0.2, 0) is 6.42 Å². The van der Waals surface area contributed by atoms with Crippen molar-refractivity contribution in [2.45, 2.75) is 46.2 Å². The van der Waals surface area contributed by atoms with Crippen LogP contribution in [-0.4, -0.2) is 11.3 Å². The minimum atomic E-state index is -4.21. The molecule has 0 aromatic heterocycles. The van der Waals surface area contributed by atoms with Crippen LogP contribution < -0.4 is 0 Å². The van der Waals surface area contributed by atoms with Crippen LogP contribution in [0.25, 0.3) is 0 Å². The first-order valence-corrected chi connectivity index (χ1v) is 5.68. The molecule has 0 fully saturated rings. The van der Waals surface area contributed by atoms with Gasteiger partial charge < -0.3 is 5.11 Å². The fourth-order valence-electron chi connectivity index (χ4n) is 1.50. The average molecular weight is 248 g/mol. The Bertz CT molecular complexity index is 343. The first-order valence-electron chi connectivity index (χ1n) is 5.68. The van der Waals surface area contributed by atoms with Gasteiger partial charge in [0.05, 0.1) is 6.42 Å². The average Bonchev–Trinajstić information content (AvgIpc) is 2.21. The molecule has 0 bridgehead atoms. The number of hydrogen-bond donors (Lipinski definition) is 1. The molecular weight excluding hydrogens is 229 g/mol. The maximum absolute atomic E-state index is 12.2. The quantitative estimate of drug-likeness (QED) is 0.807. The Morgan fingerprint density at radius 3 is 2.12 bits per heavy atom. The molecule has 0 heterocycles.